The first-order chi connectivity index (χ1) is 9.92. The van der Waals surface area contributed by atoms with Crippen molar-refractivity contribution >= 4 is 20.7 Å². The van der Waals surface area contributed by atoms with Crippen LogP contribution in [-0.4, -0.2) is 29.6 Å². The zero-order valence-electron chi connectivity index (χ0n) is 11.8. The van der Waals surface area contributed by atoms with E-state index in [1.807, 2.05) is 31.2 Å². The lowest BCUT2D eigenvalue weighted by atomic mass is 10.1. The maximum absolute atomic E-state index is 11.4. The number of H-pyrrole nitrogens is 1. The molecular formula is C15H15N3O2S. The van der Waals surface area contributed by atoms with Crippen molar-refractivity contribution in [2.45, 2.75) is 12.7 Å². The first kappa shape index (κ1) is 13.8. The number of imidazole rings is 1. The standard InChI is InChI=1S/C15H15N3O2S/c1-10-5-14(15-7-16-9-17-15)18-13-4-3-11(6-12(10)13)8-21(2,19)20/h3-7,9H,8H2,1-2H3,(H,16,17). The molecule has 0 saturated heterocycles. The summed E-state index contributed by atoms with van der Waals surface area (Å²) in [5.41, 5.74) is 4.37. The highest BCUT2D eigenvalue weighted by Crippen LogP contribution is 2.24. The maximum atomic E-state index is 11.4. The summed E-state index contributed by atoms with van der Waals surface area (Å²) < 4.78 is 22.8. The number of rotatable bonds is 3. The molecule has 1 N–H and O–H groups in total. The van der Waals surface area contributed by atoms with E-state index in [2.05, 4.69) is 15.0 Å². The van der Waals surface area contributed by atoms with Gasteiger partial charge in [0.25, 0.3) is 0 Å². The first-order valence-corrected chi connectivity index (χ1v) is 8.55. The summed E-state index contributed by atoms with van der Waals surface area (Å²) in [6, 6.07) is 7.55. The van der Waals surface area contributed by atoms with Crippen LogP contribution in [0.5, 0.6) is 0 Å². The Morgan fingerprint density at radius 3 is 2.71 bits per heavy atom. The van der Waals surface area contributed by atoms with Gasteiger partial charge in [0.15, 0.2) is 9.84 Å². The summed E-state index contributed by atoms with van der Waals surface area (Å²) >= 11 is 0. The molecule has 1 aromatic carbocycles. The van der Waals surface area contributed by atoms with Gasteiger partial charge in [0, 0.05) is 11.6 Å². The quantitative estimate of drug-likeness (QED) is 0.806. The number of aromatic nitrogens is 3. The molecule has 3 rings (SSSR count). The minimum atomic E-state index is -3.04. The highest BCUT2D eigenvalue weighted by atomic mass is 32.2. The zero-order chi connectivity index (χ0) is 15.0. The Bertz CT molecular complexity index is 900. The van der Waals surface area contributed by atoms with Crippen LogP contribution in [0.2, 0.25) is 0 Å². The van der Waals surface area contributed by atoms with E-state index in [0.717, 1.165) is 33.4 Å². The number of nitrogens with zero attached hydrogens (tertiary/aromatic N) is 2. The van der Waals surface area contributed by atoms with Crippen molar-refractivity contribution in [3.63, 3.8) is 0 Å². The lowest BCUT2D eigenvalue weighted by Gasteiger charge is -2.07. The number of sulfone groups is 1. The number of nitrogens with one attached hydrogen (secondary N) is 1. The minimum absolute atomic E-state index is 0.0463. The Hall–Kier alpha value is -2.21. The fourth-order valence-electron chi connectivity index (χ4n) is 2.37. The normalized spacial score (nSPS) is 11.9. The van der Waals surface area contributed by atoms with Crippen LogP contribution in [0.25, 0.3) is 22.3 Å². The van der Waals surface area contributed by atoms with Gasteiger partial charge in [-0.2, -0.15) is 0 Å². The smallest absolute Gasteiger partial charge is 0.151 e. The van der Waals surface area contributed by atoms with E-state index in [-0.39, 0.29) is 5.75 Å². The van der Waals surface area contributed by atoms with Crippen molar-refractivity contribution in [2.75, 3.05) is 6.26 Å². The third kappa shape index (κ3) is 2.95. The molecule has 0 aliphatic carbocycles. The molecule has 3 aromatic rings. The van der Waals surface area contributed by atoms with Gasteiger partial charge >= 0.3 is 0 Å². The van der Waals surface area contributed by atoms with Crippen molar-refractivity contribution in [1.82, 2.24) is 15.0 Å². The fourth-order valence-corrected chi connectivity index (χ4v) is 3.15. The molecule has 0 fully saturated rings. The lowest BCUT2D eigenvalue weighted by Crippen LogP contribution is -2.01. The fraction of sp³-hybridized carbons (Fsp3) is 0.200. The molecule has 0 bridgehead atoms. The molecule has 0 amide bonds. The Labute approximate surface area is 123 Å². The van der Waals surface area contributed by atoms with Crippen LogP contribution in [0.3, 0.4) is 0 Å². The zero-order valence-corrected chi connectivity index (χ0v) is 12.6. The lowest BCUT2D eigenvalue weighted by molar-refractivity contribution is 0.601. The number of benzene rings is 1. The van der Waals surface area contributed by atoms with Crippen molar-refractivity contribution in [1.29, 1.82) is 0 Å². The van der Waals surface area contributed by atoms with Crippen LogP contribution in [0.15, 0.2) is 36.8 Å². The number of hydrogen-bond acceptors (Lipinski definition) is 4. The van der Waals surface area contributed by atoms with Crippen molar-refractivity contribution < 1.29 is 8.42 Å². The van der Waals surface area contributed by atoms with Crippen LogP contribution in [-0.2, 0) is 15.6 Å². The molecule has 5 nitrogen and oxygen atoms in total. The van der Waals surface area contributed by atoms with Gasteiger partial charge in [-0.3, -0.25) is 0 Å². The third-order valence-corrected chi connectivity index (χ3v) is 4.14. The van der Waals surface area contributed by atoms with Crippen LogP contribution in [0, 0.1) is 6.92 Å². The molecule has 0 radical (unpaired) electrons. The maximum Gasteiger partial charge on any atom is 0.151 e. The van der Waals surface area contributed by atoms with Gasteiger partial charge in [0.1, 0.15) is 0 Å². The summed E-state index contributed by atoms with van der Waals surface area (Å²) in [4.78, 5) is 11.6. The molecule has 6 heteroatoms. The summed E-state index contributed by atoms with van der Waals surface area (Å²) in [7, 11) is -3.04. The highest BCUT2D eigenvalue weighted by molar-refractivity contribution is 7.89. The summed E-state index contributed by atoms with van der Waals surface area (Å²) in [6.45, 7) is 1.99. The minimum Gasteiger partial charge on any atom is -0.343 e. The van der Waals surface area contributed by atoms with Crippen molar-refractivity contribution in [3.8, 4) is 11.4 Å². The van der Waals surface area contributed by atoms with E-state index in [1.165, 1.54) is 6.26 Å². The number of pyridine rings is 1. The molecule has 21 heavy (non-hydrogen) atoms. The second-order valence-corrected chi connectivity index (χ2v) is 7.35. The van der Waals surface area contributed by atoms with Gasteiger partial charge < -0.3 is 4.98 Å². The summed E-state index contributed by atoms with van der Waals surface area (Å²) in [5.74, 6) is 0.0463. The second kappa shape index (κ2) is 4.96. The van der Waals surface area contributed by atoms with E-state index in [1.54, 1.807) is 12.5 Å². The van der Waals surface area contributed by atoms with Crippen LogP contribution in [0.4, 0.5) is 0 Å². The summed E-state index contributed by atoms with van der Waals surface area (Å²) in [6.07, 6.45) is 4.58. The van der Waals surface area contributed by atoms with Crippen molar-refractivity contribution in [3.05, 3.63) is 47.9 Å². The molecule has 0 unspecified atom stereocenters. The highest BCUT2D eigenvalue weighted by Gasteiger charge is 2.09. The van der Waals surface area contributed by atoms with Crippen molar-refractivity contribution in [2.24, 2.45) is 0 Å². The number of fused-ring (bicyclic) bond motifs is 1. The molecule has 0 spiro atoms. The van der Waals surface area contributed by atoms with E-state index >= 15 is 0 Å². The van der Waals surface area contributed by atoms with Crippen LogP contribution < -0.4 is 0 Å². The predicted octanol–water partition coefficient (Wildman–Crippen LogP) is 2.48. The van der Waals surface area contributed by atoms with E-state index < -0.39 is 9.84 Å². The van der Waals surface area contributed by atoms with Gasteiger partial charge in [-0.15, -0.1) is 0 Å². The van der Waals surface area contributed by atoms with Gasteiger partial charge in [0.2, 0.25) is 0 Å². The molecule has 0 atom stereocenters. The Morgan fingerprint density at radius 2 is 2.05 bits per heavy atom. The first-order valence-electron chi connectivity index (χ1n) is 6.49. The Balaban J connectivity index is 2.12. The third-order valence-electron chi connectivity index (χ3n) is 3.28. The largest absolute Gasteiger partial charge is 0.343 e. The van der Waals surface area contributed by atoms with Gasteiger partial charge in [-0.05, 0) is 36.2 Å². The number of aromatic amines is 1. The molecular weight excluding hydrogens is 286 g/mol. The SMILES string of the molecule is Cc1cc(-c2cnc[nH]2)nc2ccc(CS(C)(=O)=O)cc12. The van der Waals surface area contributed by atoms with Gasteiger partial charge in [-0.25, -0.2) is 18.4 Å². The average Bonchev–Trinajstić information content (AvgIpc) is 2.91. The van der Waals surface area contributed by atoms with Gasteiger partial charge in [0.05, 0.1) is 35.2 Å². The monoisotopic (exact) mass is 301 g/mol. The molecule has 2 aromatic heterocycles. The predicted molar refractivity (Wildman–Crippen MR) is 82.6 cm³/mol. The van der Waals surface area contributed by atoms with Gasteiger partial charge in [-0.1, -0.05) is 6.07 Å². The average molecular weight is 301 g/mol. The molecule has 0 saturated carbocycles. The molecule has 2 heterocycles. The molecule has 0 aliphatic heterocycles. The number of aryl methyl sites for hydroxylation is 1. The van der Waals surface area contributed by atoms with E-state index in [9.17, 15) is 8.42 Å². The molecule has 108 valence electrons. The van der Waals surface area contributed by atoms with Crippen LogP contribution >= 0.6 is 0 Å². The second-order valence-electron chi connectivity index (χ2n) is 5.21. The Kier molecular flexibility index (Phi) is 3.25. The van der Waals surface area contributed by atoms with Crippen LogP contribution in [0.1, 0.15) is 11.1 Å². The molecule has 0 aliphatic rings. The van der Waals surface area contributed by atoms with E-state index in [4.69, 9.17) is 0 Å². The van der Waals surface area contributed by atoms with E-state index in [0.29, 0.717) is 0 Å². The summed E-state index contributed by atoms with van der Waals surface area (Å²) in [5, 5.41) is 0.972. The topological polar surface area (TPSA) is 75.7 Å². The number of hydrogen-bond donors (Lipinski definition) is 1. The Morgan fingerprint density at radius 1 is 1.24 bits per heavy atom.